The summed E-state index contributed by atoms with van der Waals surface area (Å²) < 4.78 is 29.8. The van der Waals surface area contributed by atoms with Gasteiger partial charge in [-0.1, -0.05) is 12.1 Å². The van der Waals surface area contributed by atoms with Crippen molar-refractivity contribution in [3.05, 3.63) is 59.7 Å². The topological polar surface area (TPSA) is 103 Å². The quantitative estimate of drug-likeness (QED) is 0.583. The Bertz CT molecular complexity index is 908. The fourth-order valence-electron chi connectivity index (χ4n) is 2.49. The first-order chi connectivity index (χ1) is 13.3. The van der Waals surface area contributed by atoms with Gasteiger partial charge in [0.05, 0.1) is 23.6 Å². The predicted molar refractivity (Wildman–Crippen MR) is 109 cm³/mol. The molecule has 2 N–H and O–H groups in total. The first kappa shape index (κ1) is 21.7. The van der Waals surface area contributed by atoms with Gasteiger partial charge >= 0.3 is 0 Å². The number of benzene rings is 2. The molecule has 0 spiro atoms. The third kappa shape index (κ3) is 6.85. The highest BCUT2D eigenvalue weighted by Crippen LogP contribution is 2.20. The Morgan fingerprint density at radius 1 is 1.25 bits per heavy atom. The van der Waals surface area contributed by atoms with Crippen molar-refractivity contribution >= 4 is 15.7 Å². The van der Waals surface area contributed by atoms with Crippen LogP contribution in [0.3, 0.4) is 0 Å². The molecule has 150 valence electrons. The van der Waals surface area contributed by atoms with Gasteiger partial charge in [0.15, 0.2) is 0 Å². The highest BCUT2D eigenvalue weighted by molar-refractivity contribution is 7.92. The summed E-state index contributed by atoms with van der Waals surface area (Å²) in [5, 5.41) is 22.1. The minimum Gasteiger partial charge on any atom is -0.491 e. The fourth-order valence-corrected chi connectivity index (χ4v) is 3.00. The van der Waals surface area contributed by atoms with Gasteiger partial charge < -0.3 is 15.2 Å². The van der Waals surface area contributed by atoms with Gasteiger partial charge in [-0.2, -0.15) is 5.26 Å². The summed E-state index contributed by atoms with van der Waals surface area (Å²) in [6.07, 6.45) is 1.23. The maximum absolute atomic E-state index is 11.5. The Morgan fingerprint density at radius 3 is 2.61 bits per heavy atom. The first-order valence-corrected chi connectivity index (χ1v) is 10.7. The number of nitrogens with one attached hydrogen (secondary N) is 1. The Balaban J connectivity index is 1.70. The summed E-state index contributed by atoms with van der Waals surface area (Å²) in [5.74, 6) is 0.554. The van der Waals surface area contributed by atoms with Crippen LogP contribution in [0.4, 0.5) is 5.69 Å². The van der Waals surface area contributed by atoms with Gasteiger partial charge in [-0.25, -0.2) is 8.42 Å². The maximum Gasteiger partial charge on any atom is 0.231 e. The lowest BCUT2D eigenvalue weighted by molar-refractivity contribution is 0.106. The van der Waals surface area contributed by atoms with Crippen LogP contribution in [-0.4, -0.2) is 52.6 Å². The summed E-state index contributed by atoms with van der Waals surface area (Å²) in [5.41, 5.74) is 2.24. The van der Waals surface area contributed by atoms with Gasteiger partial charge in [0, 0.05) is 13.6 Å². The molecular formula is C20H25N3O4S. The molecule has 0 aliphatic carbocycles. The molecule has 1 unspecified atom stereocenters. The summed E-state index contributed by atoms with van der Waals surface area (Å²) in [4.78, 5) is 0. The smallest absolute Gasteiger partial charge is 0.231 e. The van der Waals surface area contributed by atoms with Crippen LogP contribution in [-0.2, 0) is 16.4 Å². The number of hydrogen-bond donors (Lipinski definition) is 2. The molecule has 0 aliphatic rings. The van der Waals surface area contributed by atoms with Crippen molar-refractivity contribution in [3.8, 4) is 11.8 Å². The lowest BCUT2D eigenvalue weighted by Crippen LogP contribution is -2.32. The molecule has 0 radical (unpaired) electrons. The van der Waals surface area contributed by atoms with Crippen molar-refractivity contribution in [1.82, 2.24) is 5.32 Å². The number of rotatable bonds is 10. The average Bonchev–Trinajstić information content (AvgIpc) is 2.69. The van der Waals surface area contributed by atoms with Crippen molar-refractivity contribution in [2.75, 3.05) is 37.3 Å². The average molecular weight is 404 g/mol. The van der Waals surface area contributed by atoms with Gasteiger partial charge in [0.1, 0.15) is 18.5 Å². The highest BCUT2D eigenvalue weighted by Gasteiger charge is 2.12. The number of hydrogen-bond acceptors (Lipinski definition) is 6. The molecule has 28 heavy (non-hydrogen) atoms. The zero-order chi connectivity index (χ0) is 20.6. The van der Waals surface area contributed by atoms with Crippen LogP contribution >= 0.6 is 0 Å². The van der Waals surface area contributed by atoms with Crippen molar-refractivity contribution < 1.29 is 18.3 Å². The third-order valence-electron chi connectivity index (χ3n) is 4.17. The van der Waals surface area contributed by atoms with Crippen LogP contribution in [0.5, 0.6) is 5.75 Å². The SMILES string of the molecule is CN(c1ccc(OCC(O)CNCCc2cccc(C#N)c2)cc1)S(C)(=O)=O. The van der Waals surface area contributed by atoms with Crippen LogP contribution < -0.4 is 14.4 Å². The van der Waals surface area contributed by atoms with Crippen LogP contribution in [0.25, 0.3) is 0 Å². The van der Waals surface area contributed by atoms with E-state index >= 15 is 0 Å². The zero-order valence-corrected chi connectivity index (χ0v) is 16.8. The van der Waals surface area contributed by atoms with E-state index < -0.39 is 16.1 Å². The van der Waals surface area contributed by atoms with Crippen molar-refractivity contribution in [2.45, 2.75) is 12.5 Å². The van der Waals surface area contributed by atoms with Crippen LogP contribution in [0.1, 0.15) is 11.1 Å². The molecule has 0 amide bonds. The molecule has 8 heteroatoms. The molecule has 0 fully saturated rings. The Labute approximate surface area is 166 Å². The standard InChI is InChI=1S/C20H25N3O4S/c1-23(28(2,25)26)18-6-8-20(9-7-18)27-15-19(24)14-22-11-10-16-4-3-5-17(12-16)13-21/h3-9,12,19,22,24H,10-11,14-15H2,1-2H3. The van der Waals surface area contributed by atoms with Gasteiger partial charge in [-0.3, -0.25) is 4.31 Å². The van der Waals surface area contributed by atoms with Crippen LogP contribution in [0.15, 0.2) is 48.5 Å². The Hall–Kier alpha value is -2.60. The first-order valence-electron chi connectivity index (χ1n) is 8.84. The van der Waals surface area contributed by atoms with E-state index in [1.165, 1.54) is 11.4 Å². The molecule has 7 nitrogen and oxygen atoms in total. The number of ether oxygens (including phenoxy) is 1. The Kier molecular flexibility index (Phi) is 7.81. The molecular weight excluding hydrogens is 378 g/mol. The van der Waals surface area contributed by atoms with Gasteiger partial charge in [0.2, 0.25) is 10.0 Å². The third-order valence-corrected chi connectivity index (χ3v) is 5.37. The molecule has 0 aromatic heterocycles. The summed E-state index contributed by atoms with van der Waals surface area (Å²) in [6.45, 7) is 1.18. The second kappa shape index (κ2) is 10.1. The van der Waals surface area contributed by atoms with E-state index in [1.54, 1.807) is 30.3 Å². The van der Waals surface area contributed by atoms with Gasteiger partial charge in [-0.05, 0) is 54.9 Å². The molecule has 0 heterocycles. The summed E-state index contributed by atoms with van der Waals surface area (Å²) in [7, 11) is -1.82. The molecule has 1 atom stereocenters. The van der Waals surface area contributed by atoms with E-state index in [4.69, 9.17) is 10.00 Å². The molecule has 2 aromatic carbocycles. The van der Waals surface area contributed by atoms with E-state index in [2.05, 4.69) is 11.4 Å². The van der Waals surface area contributed by atoms with Gasteiger partial charge in [0.25, 0.3) is 0 Å². The van der Waals surface area contributed by atoms with E-state index in [9.17, 15) is 13.5 Å². The molecule has 2 rings (SSSR count). The molecule has 2 aromatic rings. The van der Waals surface area contributed by atoms with E-state index in [0.29, 0.717) is 30.1 Å². The Morgan fingerprint density at radius 2 is 1.96 bits per heavy atom. The van der Waals surface area contributed by atoms with Crippen molar-refractivity contribution in [1.29, 1.82) is 5.26 Å². The summed E-state index contributed by atoms with van der Waals surface area (Å²) >= 11 is 0. The van der Waals surface area contributed by atoms with E-state index in [0.717, 1.165) is 18.2 Å². The minimum atomic E-state index is -3.30. The van der Waals surface area contributed by atoms with Crippen molar-refractivity contribution in [2.24, 2.45) is 0 Å². The van der Waals surface area contributed by atoms with Crippen LogP contribution in [0.2, 0.25) is 0 Å². The molecule has 0 bridgehead atoms. The normalized spacial score (nSPS) is 12.2. The number of aliphatic hydroxyl groups is 1. The molecule has 0 saturated carbocycles. The fraction of sp³-hybridized carbons (Fsp3) is 0.350. The van der Waals surface area contributed by atoms with Crippen LogP contribution in [0, 0.1) is 11.3 Å². The number of nitriles is 1. The number of anilines is 1. The lowest BCUT2D eigenvalue weighted by Gasteiger charge is -2.17. The van der Waals surface area contributed by atoms with E-state index in [1.807, 2.05) is 18.2 Å². The highest BCUT2D eigenvalue weighted by atomic mass is 32.2. The summed E-state index contributed by atoms with van der Waals surface area (Å²) in [6, 6.07) is 16.2. The second-order valence-corrected chi connectivity index (χ2v) is 8.47. The monoisotopic (exact) mass is 403 g/mol. The number of sulfonamides is 1. The predicted octanol–water partition coefficient (Wildman–Crippen LogP) is 1.53. The maximum atomic E-state index is 11.5. The zero-order valence-electron chi connectivity index (χ0n) is 16.0. The lowest BCUT2D eigenvalue weighted by atomic mass is 10.1. The number of nitrogens with zero attached hydrogens (tertiary/aromatic N) is 2. The largest absolute Gasteiger partial charge is 0.491 e. The minimum absolute atomic E-state index is 0.123. The van der Waals surface area contributed by atoms with Crippen molar-refractivity contribution in [3.63, 3.8) is 0 Å². The van der Waals surface area contributed by atoms with Gasteiger partial charge in [-0.15, -0.1) is 0 Å². The second-order valence-electron chi connectivity index (χ2n) is 6.46. The van der Waals surface area contributed by atoms with E-state index in [-0.39, 0.29) is 6.61 Å². The number of aliphatic hydroxyl groups excluding tert-OH is 1. The molecule has 0 aliphatic heterocycles. The molecule has 0 saturated heterocycles.